The number of carboxylic acids is 1. The van der Waals surface area contributed by atoms with E-state index in [1.54, 1.807) is 0 Å². The predicted molar refractivity (Wildman–Crippen MR) is 67.2 cm³/mol. The highest BCUT2D eigenvalue weighted by atomic mass is 32.1. The third-order valence-corrected chi connectivity index (χ3v) is 4.07. The number of carboxylic acid groups (broad SMARTS) is 1. The molecule has 1 aromatic heterocycles. The largest absolute Gasteiger partial charge is 0.481 e. The molecule has 0 aromatic carbocycles. The van der Waals surface area contributed by atoms with Crippen molar-refractivity contribution >= 4 is 28.2 Å². The second kappa shape index (κ2) is 5.35. The molecule has 0 bridgehead atoms. The molecule has 19 heavy (non-hydrogen) atoms. The fourth-order valence-corrected chi connectivity index (χ4v) is 2.85. The van der Waals surface area contributed by atoms with E-state index in [1.165, 1.54) is 17.0 Å². The van der Waals surface area contributed by atoms with E-state index < -0.39 is 16.8 Å². The SMILES string of the molecule is O=C(O)[C@H]1CCCN(C(=O)c2ccc([N+](=O)[O-])s2)C1. The monoisotopic (exact) mass is 284 g/mol. The van der Waals surface area contributed by atoms with Crippen molar-refractivity contribution in [3.8, 4) is 0 Å². The number of thiophene rings is 1. The first-order chi connectivity index (χ1) is 8.99. The average Bonchev–Trinajstić information content (AvgIpc) is 2.87. The molecule has 1 amide bonds. The third-order valence-electron chi connectivity index (χ3n) is 3.04. The lowest BCUT2D eigenvalue weighted by Crippen LogP contribution is -2.42. The highest BCUT2D eigenvalue weighted by molar-refractivity contribution is 7.17. The van der Waals surface area contributed by atoms with E-state index in [-0.39, 0.29) is 22.3 Å². The third kappa shape index (κ3) is 2.90. The van der Waals surface area contributed by atoms with Crippen molar-refractivity contribution in [3.05, 3.63) is 27.1 Å². The molecule has 8 heteroatoms. The molecule has 7 nitrogen and oxygen atoms in total. The lowest BCUT2D eigenvalue weighted by molar-refractivity contribution is -0.380. The number of hydrogen-bond acceptors (Lipinski definition) is 5. The molecule has 1 aromatic rings. The van der Waals surface area contributed by atoms with E-state index in [0.29, 0.717) is 19.4 Å². The zero-order valence-electron chi connectivity index (χ0n) is 9.94. The number of piperidine rings is 1. The smallest absolute Gasteiger partial charge is 0.324 e. The van der Waals surface area contributed by atoms with E-state index in [0.717, 1.165) is 11.3 Å². The normalized spacial score (nSPS) is 19.2. The summed E-state index contributed by atoms with van der Waals surface area (Å²) in [4.78, 5) is 34.8. The van der Waals surface area contributed by atoms with Crippen LogP contribution in [0, 0.1) is 16.0 Å². The zero-order chi connectivity index (χ0) is 14.0. The second-order valence-corrected chi connectivity index (χ2v) is 5.39. The van der Waals surface area contributed by atoms with E-state index in [1.807, 2.05) is 0 Å². The van der Waals surface area contributed by atoms with E-state index >= 15 is 0 Å². The Morgan fingerprint density at radius 2 is 2.21 bits per heavy atom. The Hall–Kier alpha value is -1.96. The number of amides is 1. The quantitative estimate of drug-likeness (QED) is 0.671. The number of nitrogens with zero attached hydrogens (tertiary/aromatic N) is 2. The van der Waals surface area contributed by atoms with Gasteiger partial charge in [-0.25, -0.2) is 0 Å². The lowest BCUT2D eigenvalue weighted by Gasteiger charge is -2.30. The van der Waals surface area contributed by atoms with Gasteiger partial charge in [-0.3, -0.25) is 19.7 Å². The molecule has 2 heterocycles. The fourth-order valence-electron chi connectivity index (χ4n) is 2.06. The maximum absolute atomic E-state index is 12.1. The molecule has 2 rings (SSSR count). The number of hydrogen-bond donors (Lipinski definition) is 1. The van der Waals surface area contributed by atoms with Gasteiger partial charge in [0, 0.05) is 19.2 Å². The summed E-state index contributed by atoms with van der Waals surface area (Å²) < 4.78 is 0. The maximum atomic E-state index is 12.1. The second-order valence-electron chi connectivity index (χ2n) is 4.32. The summed E-state index contributed by atoms with van der Waals surface area (Å²) in [5.74, 6) is -1.79. The van der Waals surface area contributed by atoms with Crippen molar-refractivity contribution in [2.24, 2.45) is 5.92 Å². The maximum Gasteiger partial charge on any atom is 0.324 e. The molecular formula is C11H12N2O5S. The van der Waals surface area contributed by atoms with Gasteiger partial charge in [0.2, 0.25) is 0 Å². The van der Waals surface area contributed by atoms with Crippen LogP contribution in [0.25, 0.3) is 0 Å². The highest BCUT2D eigenvalue weighted by Crippen LogP contribution is 2.26. The van der Waals surface area contributed by atoms with Crippen molar-refractivity contribution in [1.82, 2.24) is 4.90 Å². The molecule has 0 aliphatic carbocycles. The van der Waals surface area contributed by atoms with Crippen LogP contribution in [0.2, 0.25) is 0 Å². The van der Waals surface area contributed by atoms with Crippen LogP contribution >= 0.6 is 11.3 Å². The minimum Gasteiger partial charge on any atom is -0.481 e. The first kappa shape index (κ1) is 13.5. The Morgan fingerprint density at radius 3 is 2.79 bits per heavy atom. The Labute approximate surface area is 112 Å². The van der Waals surface area contributed by atoms with Crippen molar-refractivity contribution in [2.75, 3.05) is 13.1 Å². The Balaban J connectivity index is 2.10. The van der Waals surface area contributed by atoms with E-state index in [9.17, 15) is 19.7 Å². The Bertz CT molecular complexity index is 527. The molecule has 102 valence electrons. The minimum atomic E-state index is -0.908. The molecule has 0 saturated carbocycles. The molecule has 1 saturated heterocycles. The van der Waals surface area contributed by atoms with Gasteiger partial charge in [-0.1, -0.05) is 11.3 Å². The topological polar surface area (TPSA) is 101 Å². The molecule has 1 atom stereocenters. The summed E-state index contributed by atoms with van der Waals surface area (Å²) in [7, 11) is 0. The molecule has 1 aliphatic heterocycles. The van der Waals surface area contributed by atoms with Gasteiger partial charge in [-0.05, 0) is 18.9 Å². The highest BCUT2D eigenvalue weighted by Gasteiger charge is 2.29. The summed E-state index contributed by atoms with van der Waals surface area (Å²) in [5.41, 5.74) is 0. The van der Waals surface area contributed by atoms with Gasteiger partial charge in [0.05, 0.1) is 15.7 Å². The van der Waals surface area contributed by atoms with Crippen LogP contribution < -0.4 is 0 Å². The van der Waals surface area contributed by atoms with Crippen LogP contribution in [0.15, 0.2) is 12.1 Å². The molecule has 0 unspecified atom stereocenters. The molecule has 1 aliphatic rings. The van der Waals surface area contributed by atoms with Gasteiger partial charge in [-0.2, -0.15) is 0 Å². The predicted octanol–water partition coefficient (Wildman–Crippen LogP) is 1.59. The van der Waals surface area contributed by atoms with Crippen LogP contribution in [0.3, 0.4) is 0 Å². The first-order valence-corrected chi connectivity index (χ1v) is 6.57. The van der Waals surface area contributed by atoms with Crippen molar-refractivity contribution in [1.29, 1.82) is 0 Å². The van der Waals surface area contributed by atoms with Gasteiger partial charge in [0.25, 0.3) is 5.91 Å². The number of nitro groups is 1. The molecule has 0 spiro atoms. The van der Waals surface area contributed by atoms with Crippen LogP contribution in [-0.4, -0.2) is 39.9 Å². The number of carbonyl (C=O) groups excluding carboxylic acids is 1. The van der Waals surface area contributed by atoms with Gasteiger partial charge in [0.1, 0.15) is 0 Å². The van der Waals surface area contributed by atoms with E-state index in [4.69, 9.17) is 5.11 Å². The van der Waals surface area contributed by atoms with Crippen molar-refractivity contribution < 1.29 is 19.6 Å². The summed E-state index contributed by atoms with van der Waals surface area (Å²) in [6, 6.07) is 2.70. The van der Waals surface area contributed by atoms with E-state index in [2.05, 4.69) is 0 Å². The minimum absolute atomic E-state index is 0.0878. The fraction of sp³-hybridized carbons (Fsp3) is 0.455. The number of aliphatic carboxylic acids is 1. The van der Waals surface area contributed by atoms with Crippen molar-refractivity contribution in [3.63, 3.8) is 0 Å². The number of rotatable bonds is 3. The summed E-state index contributed by atoms with van der Waals surface area (Å²) in [6.07, 6.45) is 1.19. The number of carbonyl (C=O) groups is 2. The summed E-state index contributed by atoms with van der Waals surface area (Å²) in [5, 5.41) is 19.4. The van der Waals surface area contributed by atoms with Gasteiger partial charge < -0.3 is 10.0 Å². The standard InChI is InChI=1S/C11H12N2O5S/c14-10(8-3-4-9(19-8)13(17)18)12-5-1-2-7(6-12)11(15)16/h3-4,7H,1-2,5-6H2,(H,15,16)/t7-/m0/s1. The summed E-state index contributed by atoms with van der Waals surface area (Å²) in [6.45, 7) is 0.661. The van der Waals surface area contributed by atoms with Crippen molar-refractivity contribution in [2.45, 2.75) is 12.8 Å². The number of likely N-dealkylation sites (tertiary alicyclic amines) is 1. The summed E-state index contributed by atoms with van der Waals surface area (Å²) >= 11 is 0.815. The first-order valence-electron chi connectivity index (χ1n) is 5.75. The molecule has 1 fully saturated rings. The Kier molecular flexibility index (Phi) is 3.79. The van der Waals surface area contributed by atoms with Gasteiger partial charge >= 0.3 is 11.0 Å². The van der Waals surface area contributed by atoms with Gasteiger partial charge in [0.15, 0.2) is 0 Å². The zero-order valence-corrected chi connectivity index (χ0v) is 10.8. The lowest BCUT2D eigenvalue weighted by atomic mass is 9.98. The van der Waals surface area contributed by atoms with Crippen LogP contribution in [0.1, 0.15) is 22.5 Å². The molecular weight excluding hydrogens is 272 g/mol. The van der Waals surface area contributed by atoms with Crippen LogP contribution in [-0.2, 0) is 4.79 Å². The van der Waals surface area contributed by atoms with Crippen LogP contribution in [0.4, 0.5) is 5.00 Å². The average molecular weight is 284 g/mol. The molecule has 1 N–H and O–H groups in total. The Morgan fingerprint density at radius 1 is 1.47 bits per heavy atom. The van der Waals surface area contributed by atoms with Crippen LogP contribution in [0.5, 0.6) is 0 Å². The van der Waals surface area contributed by atoms with Gasteiger partial charge in [-0.15, -0.1) is 0 Å². The molecule has 0 radical (unpaired) electrons.